The van der Waals surface area contributed by atoms with Crippen molar-refractivity contribution in [1.29, 1.82) is 0 Å². The third-order valence-electron chi connectivity index (χ3n) is 3.85. The molecule has 0 radical (unpaired) electrons. The van der Waals surface area contributed by atoms with E-state index >= 15 is 0 Å². The maximum absolute atomic E-state index is 4.71. The lowest BCUT2D eigenvalue weighted by Crippen LogP contribution is -2.21. The molecule has 6 nitrogen and oxygen atoms in total. The number of anilines is 2. The summed E-state index contributed by atoms with van der Waals surface area (Å²) < 4.78 is 4.71. The third-order valence-corrected chi connectivity index (χ3v) is 3.85. The Balaban J connectivity index is 1.79. The van der Waals surface area contributed by atoms with Crippen molar-refractivity contribution in [3.63, 3.8) is 0 Å². The van der Waals surface area contributed by atoms with E-state index in [0.29, 0.717) is 11.6 Å². The van der Waals surface area contributed by atoms with E-state index in [0.717, 1.165) is 30.1 Å². The maximum Gasteiger partial charge on any atom is 0.241 e. The molecule has 1 aliphatic heterocycles. The van der Waals surface area contributed by atoms with Crippen molar-refractivity contribution in [1.82, 2.24) is 10.3 Å². The molecule has 3 rings (SSSR count). The van der Waals surface area contributed by atoms with Crippen LogP contribution < -0.4 is 10.2 Å². The standard InChI is InChI=1S/C18H21N5O/c1-4-23(5-2)16-10-7-14(8-11-16)6-9-15-12-13(3)19-17-18(20-15)22-24-21-17/h6-12H,4-5H2,1-3H3,(H,19,21). The van der Waals surface area contributed by atoms with Crippen LogP contribution in [0.5, 0.6) is 0 Å². The molecule has 0 unspecified atom stereocenters. The fourth-order valence-electron chi connectivity index (χ4n) is 2.59. The first-order valence-electron chi connectivity index (χ1n) is 8.09. The van der Waals surface area contributed by atoms with Crippen molar-refractivity contribution in [2.75, 3.05) is 23.3 Å². The molecule has 0 fully saturated rings. The minimum absolute atomic E-state index is 0.458. The van der Waals surface area contributed by atoms with Crippen LogP contribution in [0.2, 0.25) is 0 Å². The van der Waals surface area contributed by atoms with Gasteiger partial charge < -0.3 is 10.2 Å². The highest BCUT2D eigenvalue weighted by molar-refractivity contribution is 6.09. The topological polar surface area (TPSA) is 66.5 Å². The van der Waals surface area contributed by atoms with Crippen LogP contribution in [0.1, 0.15) is 26.3 Å². The lowest BCUT2D eigenvalue weighted by Gasteiger charge is -2.20. The Hall–Kier alpha value is -2.89. The van der Waals surface area contributed by atoms with Crippen molar-refractivity contribution in [3.8, 4) is 0 Å². The Labute approximate surface area is 141 Å². The molecule has 2 aromatic rings. The molecular formula is C18H21N5O. The molecule has 6 heteroatoms. The zero-order chi connectivity index (χ0) is 16.9. The second-order valence-electron chi connectivity index (χ2n) is 5.52. The van der Waals surface area contributed by atoms with E-state index in [-0.39, 0.29) is 0 Å². The predicted octanol–water partition coefficient (Wildman–Crippen LogP) is 4.03. The zero-order valence-electron chi connectivity index (χ0n) is 14.2. The van der Waals surface area contributed by atoms with Crippen LogP contribution in [0, 0.1) is 0 Å². The van der Waals surface area contributed by atoms with Crippen LogP contribution in [0.4, 0.5) is 17.3 Å². The van der Waals surface area contributed by atoms with Gasteiger partial charge in [0.25, 0.3) is 0 Å². The SMILES string of the molecule is CCN(CC)c1ccc(C=CC2=Nc3nonc3NC(C)=C2)cc1. The number of allylic oxidation sites excluding steroid dienone is 3. The summed E-state index contributed by atoms with van der Waals surface area (Å²) in [6, 6.07) is 8.51. The van der Waals surface area contributed by atoms with Crippen LogP contribution in [0.25, 0.3) is 6.08 Å². The van der Waals surface area contributed by atoms with Crippen LogP contribution >= 0.6 is 0 Å². The summed E-state index contributed by atoms with van der Waals surface area (Å²) in [5, 5.41) is 10.7. The Morgan fingerprint density at radius 1 is 1.08 bits per heavy atom. The normalized spacial score (nSPS) is 13.8. The molecule has 0 bridgehead atoms. The van der Waals surface area contributed by atoms with Crippen LogP contribution in [0.3, 0.4) is 0 Å². The minimum Gasteiger partial charge on any atom is -0.372 e. The van der Waals surface area contributed by atoms with Crippen LogP contribution in [0.15, 0.2) is 51.7 Å². The van der Waals surface area contributed by atoms with Crippen LogP contribution in [-0.2, 0) is 0 Å². The summed E-state index contributed by atoms with van der Waals surface area (Å²) in [7, 11) is 0. The highest BCUT2D eigenvalue weighted by Crippen LogP contribution is 2.24. The molecule has 0 saturated heterocycles. The first-order valence-corrected chi connectivity index (χ1v) is 8.09. The summed E-state index contributed by atoms with van der Waals surface area (Å²) in [6.45, 7) is 8.29. The highest BCUT2D eigenvalue weighted by Gasteiger charge is 2.12. The molecule has 0 aliphatic carbocycles. The van der Waals surface area contributed by atoms with Gasteiger partial charge in [-0.05, 0) is 60.9 Å². The molecule has 0 saturated carbocycles. The van der Waals surface area contributed by atoms with E-state index in [2.05, 4.69) is 63.6 Å². The molecule has 2 heterocycles. The van der Waals surface area contributed by atoms with Crippen LogP contribution in [-0.4, -0.2) is 29.1 Å². The number of aliphatic imine (C=N–C) groups is 1. The van der Waals surface area contributed by atoms with Gasteiger partial charge in [0.2, 0.25) is 11.6 Å². The van der Waals surface area contributed by atoms with E-state index in [4.69, 9.17) is 4.63 Å². The van der Waals surface area contributed by atoms with Crippen molar-refractivity contribution in [2.24, 2.45) is 4.99 Å². The predicted molar refractivity (Wildman–Crippen MR) is 97.8 cm³/mol. The highest BCUT2D eigenvalue weighted by atomic mass is 16.6. The average molecular weight is 323 g/mol. The van der Waals surface area contributed by atoms with E-state index in [9.17, 15) is 0 Å². The molecular weight excluding hydrogens is 302 g/mol. The largest absolute Gasteiger partial charge is 0.372 e. The molecule has 124 valence electrons. The molecule has 1 aromatic carbocycles. The summed E-state index contributed by atoms with van der Waals surface area (Å²) in [5.74, 6) is 0.996. The summed E-state index contributed by atoms with van der Waals surface area (Å²) >= 11 is 0. The van der Waals surface area contributed by atoms with Gasteiger partial charge in [-0.25, -0.2) is 9.62 Å². The molecule has 1 aliphatic rings. The van der Waals surface area contributed by atoms with E-state index < -0.39 is 0 Å². The van der Waals surface area contributed by atoms with Gasteiger partial charge in [-0.2, -0.15) is 0 Å². The van der Waals surface area contributed by atoms with Crippen molar-refractivity contribution in [3.05, 3.63) is 47.7 Å². The van der Waals surface area contributed by atoms with Crippen molar-refractivity contribution >= 4 is 29.1 Å². The fourth-order valence-corrected chi connectivity index (χ4v) is 2.59. The van der Waals surface area contributed by atoms with Crippen molar-refractivity contribution in [2.45, 2.75) is 20.8 Å². The number of benzene rings is 1. The number of aromatic nitrogens is 2. The Bertz CT molecular complexity index is 782. The molecule has 0 atom stereocenters. The number of hydrogen-bond acceptors (Lipinski definition) is 6. The van der Waals surface area contributed by atoms with Gasteiger partial charge in [0, 0.05) is 24.5 Å². The van der Waals surface area contributed by atoms with Gasteiger partial charge in [-0.1, -0.05) is 18.2 Å². The number of fused-ring (bicyclic) bond motifs is 1. The molecule has 1 N–H and O–H groups in total. The summed E-state index contributed by atoms with van der Waals surface area (Å²) in [6.07, 6.45) is 5.94. The van der Waals surface area contributed by atoms with Crippen molar-refractivity contribution < 1.29 is 4.63 Å². The molecule has 0 spiro atoms. The number of nitrogens with zero attached hydrogens (tertiary/aromatic N) is 4. The van der Waals surface area contributed by atoms with E-state index in [1.807, 2.05) is 25.2 Å². The molecule has 0 amide bonds. The quantitative estimate of drug-likeness (QED) is 0.900. The van der Waals surface area contributed by atoms with Gasteiger partial charge in [0.1, 0.15) is 0 Å². The Morgan fingerprint density at radius 3 is 2.54 bits per heavy atom. The monoisotopic (exact) mass is 323 g/mol. The fraction of sp³-hybridized carbons (Fsp3) is 0.278. The number of hydrogen-bond donors (Lipinski definition) is 1. The van der Waals surface area contributed by atoms with Gasteiger partial charge >= 0.3 is 0 Å². The average Bonchev–Trinajstić information content (AvgIpc) is 2.95. The summed E-state index contributed by atoms with van der Waals surface area (Å²) in [4.78, 5) is 6.77. The smallest absolute Gasteiger partial charge is 0.241 e. The number of nitrogens with one attached hydrogen (secondary N) is 1. The van der Waals surface area contributed by atoms with Gasteiger partial charge in [-0.15, -0.1) is 0 Å². The zero-order valence-corrected chi connectivity index (χ0v) is 14.2. The lowest BCUT2D eigenvalue weighted by atomic mass is 10.1. The summed E-state index contributed by atoms with van der Waals surface area (Å²) in [5.41, 5.74) is 4.09. The van der Waals surface area contributed by atoms with Gasteiger partial charge in [0.05, 0.1) is 5.71 Å². The van der Waals surface area contributed by atoms with E-state index in [1.165, 1.54) is 5.69 Å². The molecule has 1 aromatic heterocycles. The third kappa shape index (κ3) is 3.53. The second-order valence-corrected chi connectivity index (χ2v) is 5.52. The first-order chi connectivity index (χ1) is 11.7. The van der Waals surface area contributed by atoms with E-state index in [1.54, 1.807) is 0 Å². The lowest BCUT2D eigenvalue weighted by molar-refractivity contribution is 0.310. The minimum atomic E-state index is 0.458. The second kappa shape index (κ2) is 7.12. The number of rotatable bonds is 5. The maximum atomic E-state index is 4.71. The Morgan fingerprint density at radius 2 is 1.83 bits per heavy atom. The Kier molecular flexibility index (Phi) is 4.74. The van der Waals surface area contributed by atoms with Gasteiger partial charge in [-0.3, -0.25) is 0 Å². The first kappa shape index (κ1) is 16.0. The molecule has 24 heavy (non-hydrogen) atoms. The van der Waals surface area contributed by atoms with Gasteiger partial charge in [0.15, 0.2) is 0 Å².